The third-order valence-corrected chi connectivity index (χ3v) is 3.05. The van der Waals surface area contributed by atoms with E-state index in [0.717, 1.165) is 31.7 Å². The summed E-state index contributed by atoms with van der Waals surface area (Å²) in [5.41, 5.74) is 0. The van der Waals surface area contributed by atoms with Gasteiger partial charge in [0, 0.05) is 25.1 Å². The molecule has 5 heteroatoms. The Labute approximate surface area is 99.6 Å². The van der Waals surface area contributed by atoms with Crippen molar-refractivity contribution in [2.45, 2.75) is 19.8 Å². The van der Waals surface area contributed by atoms with Crippen molar-refractivity contribution in [3.63, 3.8) is 0 Å². The number of halogens is 2. The van der Waals surface area contributed by atoms with Crippen molar-refractivity contribution in [3.8, 4) is 0 Å². The number of rotatable bonds is 2. The Morgan fingerprint density at radius 2 is 2.38 bits per heavy atom. The molecule has 1 aliphatic rings. The normalized spacial score (nSPS) is 21.2. The van der Waals surface area contributed by atoms with Crippen LogP contribution in [0.3, 0.4) is 0 Å². The summed E-state index contributed by atoms with van der Waals surface area (Å²) in [6.07, 6.45) is 1.97. The van der Waals surface area contributed by atoms with Crippen molar-refractivity contribution >= 4 is 17.4 Å². The van der Waals surface area contributed by atoms with Gasteiger partial charge in [0.15, 0.2) is 0 Å². The number of aryl methyl sites for hydroxylation is 1. The van der Waals surface area contributed by atoms with Gasteiger partial charge in [-0.05, 0) is 19.8 Å². The van der Waals surface area contributed by atoms with Crippen LogP contribution in [0.4, 0.5) is 10.2 Å². The molecular weight excluding hydrogens is 229 g/mol. The first kappa shape index (κ1) is 11.6. The average molecular weight is 244 g/mol. The van der Waals surface area contributed by atoms with E-state index in [0.29, 0.717) is 11.0 Å². The van der Waals surface area contributed by atoms with E-state index < -0.39 is 0 Å². The Kier molecular flexibility index (Phi) is 3.59. The van der Waals surface area contributed by atoms with Crippen molar-refractivity contribution in [2.75, 3.05) is 24.7 Å². The van der Waals surface area contributed by atoms with E-state index in [9.17, 15) is 4.39 Å². The van der Waals surface area contributed by atoms with Gasteiger partial charge in [0.2, 0.25) is 0 Å². The molecule has 88 valence electrons. The van der Waals surface area contributed by atoms with Gasteiger partial charge < -0.3 is 4.90 Å². The van der Waals surface area contributed by atoms with Gasteiger partial charge in [-0.25, -0.2) is 9.97 Å². The first-order chi connectivity index (χ1) is 7.69. The van der Waals surface area contributed by atoms with Crippen LogP contribution in [0.1, 0.15) is 18.7 Å². The highest BCUT2D eigenvalue weighted by Gasteiger charge is 2.21. The van der Waals surface area contributed by atoms with Gasteiger partial charge in [-0.3, -0.25) is 4.39 Å². The van der Waals surface area contributed by atoms with Gasteiger partial charge in [0.1, 0.15) is 16.8 Å². The molecule has 0 bridgehead atoms. The van der Waals surface area contributed by atoms with Gasteiger partial charge in [-0.15, -0.1) is 0 Å². The summed E-state index contributed by atoms with van der Waals surface area (Å²) in [5, 5.41) is 0.449. The van der Waals surface area contributed by atoms with Gasteiger partial charge >= 0.3 is 0 Å². The molecule has 1 aliphatic heterocycles. The van der Waals surface area contributed by atoms with E-state index in [1.807, 2.05) is 6.92 Å². The minimum absolute atomic E-state index is 0.128. The van der Waals surface area contributed by atoms with Crippen molar-refractivity contribution in [3.05, 3.63) is 17.0 Å². The molecule has 0 spiro atoms. The number of anilines is 1. The molecule has 1 atom stereocenters. The third-order valence-electron chi connectivity index (χ3n) is 2.85. The smallest absolute Gasteiger partial charge is 0.134 e. The number of piperidine rings is 1. The molecule has 1 aromatic heterocycles. The minimum Gasteiger partial charge on any atom is -0.356 e. The second kappa shape index (κ2) is 4.95. The van der Waals surface area contributed by atoms with Crippen LogP contribution in [-0.2, 0) is 0 Å². The molecule has 1 saturated heterocycles. The summed E-state index contributed by atoms with van der Waals surface area (Å²) in [4.78, 5) is 10.4. The summed E-state index contributed by atoms with van der Waals surface area (Å²) in [7, 11) is 0. The van der Waals surface area contributed by atoms with Crippen LogP contribution < -0.4 is 4.90 Å². The maximum Gasteiger partial charge on any atom is 0.134 e. The molecule has 2 heterocycles. The number of aromatic nitrogens is 2. The van der Waals surface area contributed by atoms with Gasteiger partial charge in [-0.2, -0.15) is 0 Å². The molecule has 16 heavy (non-hydrogen) atoms. The van der Waals surface area contributed by atoms with Crippen LogP contribution in [0.25, 0.3) is 0 Å². The number of hydrogen-bond acceptors (Lipinski definition) is 3. The van der Waals surface area contributed by atoms with Gasteiger partial charge in [-0.1, -0.05) is 11.6 Å². The quantitative estimate of drug-likeness (QED) is 0.748. The Bertz CT molecular complexity index is 352. The Hall–Kier alpha value is -0.900. The molecule has 1 fully saturated rings. The number of alkyl halides is 1. The lowest BCUT2D eigenvalue weighted by molar-refractivity contribution is 0.315. The Morgan fingerprint density at radius 1 is 1.56 bits per heavy atom. The Morgan fingerprint density at radius 3 is 3.06 bits per heavy atom. The van der Waals surface area contributed by atoms with Crippen LogP contribution in [0.2, 0.25) is 5.15 Å². The highest BCUT2D eigenvalue weighted by atomic mass is 35.5. The molecule has 2 rings (SSSR count). The fraction of sp³-hybridized carbons (Fsp3) is 0.636. The molecule has 0 aromatic carbocycles. The topological polar surface area (TPSA) is 29.0 Å². The third kappa shape index (κ3) is 2.61. The number of nitrogens with zero attached hydrogens (tertiary/aromatic N) is 3. The zero-order valence-corrected chi connectivity index (χ0v) is 10.0. The zero-order chi connectivity index (χ0) is 11.5. The van der Waals surface area contributed by atoms with E-state index in [-0.39, 0.29) is 12.6 Å². The van der Waals surface area contributed by atoms with E-state index in [1.165, 1.54) is 0 Å². The zero-order valence-electron chi connectivity index (χ0n) is 9.29. The van der Waals surface area contributed by atoms with Crippen LogP contribution in [0.5, 0.6) is 0 Å². The van der Waals surface area contributed by atoms with Crippen LogP contribution in [0, 0.1) is 12.8 Å². The largest absolute Gasteiger partial charge is 0.356 e. The maximum atomic E-state index is 12.6. The molecular formula is C11H15ClFN3. The Balaban J connectivity index is 2.16. The highest BCUT2D eigenvalue weighted by molar-refractivity contribution is 6.29. The van der Waals surface area contributed by atoms with Crippen molar-refractivity contribution < 1.29 is 4.39 Å². The molecule has 0 N–H and O–H groups in total. The number of hydrogen-bond donors (Lipinski definition) is 0. The van der Waals surface area contributed by atoms with Crippen molar-refractivity contribution in [1.29, 1.82) is 0 Å². The molecule has 0 amide bonds. The van der Waals surface area contributed by atoms with E-state index >= 15 is 0 Å². The SMILES string of the molecule is Cc1nc(Cl)cc(N2CCCC(CF)C2)n1. The summed E-state index contributed by atoms with van der Waals surface area (Å²) >= 11 is 5.89. The first-order valence-corrected chi connectivity index (χ1v) is 5.89. The highest BCUT2D eigenvalue weighted by Crippen LogP contribution is 2.23. The summed E-state index contributed by atoms with van der Waals surface area (Å²) in [6, 6.07) is 1.75. The predicted octanol–water partition coefficient (Wildman–Crippen LogP) is 2.62. The lowest BCUT2D eigenvalue weighted by atomic mass is 10.00. The second-order valence-electron chi connectivity index (χ2n) is 4.20. The van der Waals surface area contributed by atoms with E-state index in [2.05, 4.69) is 14.9 Å². The molecule has 0 saturated carbocycles. The fourth-order valence-electron chi connectivity index (χ4n) is 2.08. The molecule has 3 nitrogen and oxygen atoms in total. The van der Waals surface area contributed by atoms with Gasteiger partial charge in [0.25, 0.3) is 0 Å². The fourth-order valence-corrected chi connectivity index (χ4v) is 2.30. The first-order valence-electron chi connectivity index (χ1n) is 5.51. The predicted molar refractivity (Wildman–Crippen MR) is 62.7 cm³/mol. The van der Waals surface area contributed by atoms with Crippen LogP contribution in [-0.4, -0.2) is 29.7 Å². The molecule has 1 unspecified atom stereocenters. The lowest BCUT2D eigenvalue weighted by Gasteiger charge is -2.32. The van der Waals surface area contributed by atoms with Crippen LogP contribution in [0.15, 0.2) is 6.07 Å². The second-order valence-corrected chi connectivity index (χ2v) is 4.59. The summed E-state index contributed by atoms with van der Waals surface area (Å²) < 4.78 is 12.6. The molecule has 0 aliphatic carbocycles. The summed E-state index contributed by atoms with van der Waals surface area (Å²) in [5.74, 6) is 1.60. The standard InChI is InChI=1S/C11H15ClFN3/c1-8-14-10(12)5-11(15-8)16-4-2-3-9(6-13)7-16/h5,9H,2-4,6-7H2,1H3. The van der Waals surface area contributed by atoms with Gasteiger partial charge in [0.05, 0.1) is 6.67 Å². The molecule has 1 aromatic rings. The monoisotopic (exact) mass is 243 g/mol. The van der Waals surface area contributed by atoms with Crippen LogP contribution >= 0.6 is 11.6 Å². The summed E-state index contributed by atoms with van der Waals surface area (Å²) in [6.45, 7) is 3.20. The molecule has 0 radical (unpaired) electrons. The lowest BCUT2D eigenvalue weighted by Crippen LogP contribution is -2.36. The maximum absolute atomic E-state index is 12.6. The minimum atomic E-state index is -0.256. The van der Waals surface area contributed by atoms with Crippen molar-refractivity contribution in [1.82, 2.24) is 9.97 Å². The van der Waals surface area contributed by atoms with E-state index in [4.69, 9.17) is 11.6 Å². The average Bonchev–Trinajstić information content (AvgIpc) is 2.28. The van der Waals surface area contributed by atoms with E-state index in [1.54, 1.807) is 6.07 Å². The van der Waals surface area contributed by atoms with Crippen molar-refractivity contribution in [2.24, 2.45) is 5.92 Å².